The standard InChI is InChI=1S/C29H33N3O6S/c1-28(2,3)38-27(33)31-14-13-29(34,18-31)37-20-9-7-19(8-10-20)36-24-17-39-26-21(24)11-12-23-22(26)16-30-32(23)25-6-4-5-15-35-25/h7-12,16-17,25,34H,4-6,13-15,18H2,1-3H3/t25-,29-/m0/s1. The largest absolute Gasteiger partial charge is 0.461 e. The molecule has 0 spiro atoms. The van der Waals surface area contributed by atoms with E-state index in [0.717, 1.165) is 52.6 Å². The summed E-state index contributed by atoms with van der Waals surface area (Å²) >= 11 is 1.63. The fourth-order valence-electron chi connectivity index (χ4n) is 5.07. The quantitative estimate of drug-likeness (QED) is 0.285. The van der Waals surface area contributed by atoms with E-state index in [-0.39, 0.29) is 12.8 Å². The minimum Gasteiger partial charge on any atom is -0.461 e. The number of benzene rings is 2. The molecular formula is C29H33N3O6S. The minimum absolute atomic E-state index is 0.00667. The smallest absolute Gasteiger partial charge is 0.410 e. The minimum atomic E-state index is -1.47. The Hall–Kier alpha value is -3.34. The third kappa shape index (κ3) is 5.41. The zero-order chi connectivity index (χ0) is 27.2. The lowest BCUT2D eigenvalue weighted by Crippen LogP contribution is -2.42. The van der Waals surface area contributed by atoms with Gasteiger partial charge in [0.1, 0.15) is 22.8 Å². The summed E-state index contributed by atoms with van der Waals surface area (Å²) in [5, 5.41) is 19.7. The Kier molecular flexibility index (Phi) is 6.65. The first-order valence-electron chi connectivity index (χ1n) is 13.3. The molecule has 2 aliphatic heterocycles. The van der Waals surface area contributed by atoms with Gasteiger partial charge >= 0.3 is 6.09 Å². The first kappa shape index (κ1) is 25.9. The summed E-state index contributed by atoms with van der Waals surface area (Å²) in [6.45, 7) is 6.62. The molecule has 1 amide bonds. The summed E-state index contributed by atoms with van der Waals surface area (Å²) in [7, 11) is 0. The first-order chi connectivity index (χ1) is 18.7. The van der Waals surface area contributed by atoms with Gasteiger partial charge in [-0.3, -0.25) is 0 Å². The van der Waals surface area contributed by atoms with E-state index in [1.54, 1.807) is 35.6 Å². The topological polar surface area (TPSA) is 95.3 Å². The fourth-order valence-corrected chi connectivity index (χ4v) is 6.05. The third-order valence-corrected chi connectivity index (χ3v) is 7.94. The second-order valence-corrected chi connectivity index (χ2v) is 12.0. The Morgan fingerprint density at radius 3 is 2.67 bits per heavy atom. The molecule has 1 N–H and O–H groups in total. The molecule has 2 aromatic carbocycles. The number of aromatic nitrogens is 2. The van der Waals surface area contributed by atoms with Crippen LogP contribution in [0, 0.1) is 0 Å². The van der Waals surface area contributed by atoms with Crippen molar-refractivity contribution < 1.29 is 28.8 Å². The monoisotopic (exact) mass is 551 g/mol. The predicted octanol–water partition coefficient (Wildman–Crippen LogP) is 6.45. The van der Waals surface area contributed by atoms with Crippen molar-refractivity contribution in [3.8, 4) is 17.2 Å². The highest BCUT2D eigenvalue weighted by Gasteiger charge is 2.42. The van der Waals surface area contributed by atoms with Gasteiger partial charge in [0.15, 0.2) is 6.23 Å². The van der Waals surface area contributed by atoms with Crippen LogP contribution >= 0.6 is 11.3 Å². The van der Waals surface area contributed by atoms with Gasteiger partial charge in [0.25, 0.3) is 0 Å². The molecule has 10 heteroatoms. The Morgan fingerprint density at radius 1 is 1.13 bits per heavy atom. The van der Waals surface area contributed by atoms with Crippen molar-refractivity contribution in [3.05, 3.63) is 48.0 Å². The molecule has 6 rings (SSSR count). The number of fused-ring (bicyclic) bond motifs is 3. The predicted molar refractivity (Wildman–Crippen MR) is 148 cm³/mol. The van der Waals surface area contributed by atoms with Crippen molar-refractivity contribution >= 4 is 38.4 Å². The van der Waals surface area contributed by atoms with Gasteiger partial charge in [0, 0.05) is 40.4 Å². The normalized spacial score (nSPS) is 21.9. The molecule has 39 heavy (non-hydrogen) atoms. The number of nitrogens with zero attached hydrogens (tertiary/aromatic N) is 3. The van der Waals surface area contributed by atoms with Crippen molar-refractivity contribution in [2.24, 2.45) is 0 Å². The molecule has 2 aromatic heterocycles. The number of rotatable bonds is 5. The molecule has 9 nitrogen and oxygen atoms in total. The van der Waals surface area contributed by atoms with Crippen molar-refractivity contribution in [2.75, 3.05) is 19.7 Å². The summed E-state index contributed by atoms with van der Waals surface area (Å²) in [6, 6.07) is 11.3. The van der Waals surface area contributed by atoms with E-state index in [2.05, 4.69) is 17.2 Å². The molecular weight excluding hydrogens is 518 g/mol. The van der Waals surface area contributed by atoms with Gasteiger partial charge < -0.3 is 29.0 Å². The molecule has 0 radical (unpaired) electrons. The van der Waals surface area contributed by atoms with Crippen LogP contribution in [-0.4, -0.2) is 57.0 Å². The van der Waals surface area contributed by atoms with Crippen LogP contribution in [0.15, 0.2) is 48.0 Å². The highest BCUT2D eigenvalue weighted by Crippen LogP contribution is 2.40. The fraction of sp³-hybridized carbons (Fsp3) is 0.448. The van der Waals surface area contributed by atoms with Crippen LogP contribution in [-0.2, 0) is 9.47 Å². The second kappa shape index (κ2) is 10.0. The van der Waals surface area contributed by atoms with Crippen LogP contribution in [0.1, 0.15) is 52.7 Å². The Morgan fingerprint density at radius 2 is 1.92 bits per heavy atom. The number of β-amino-alcohol motifs (C(OH)–C–C–N with tert-alkyl or cyclic N) is 1. The van der Waals surface area contributed by atoms with Crippen molar-refractivity contribution in [2.45, 2.75) is 64.1 Å². The van der Waals surface area contributed by atoms with Gasteiger partial charge in [0.05, 0.1) is 18.3 Å². The number of carbonyl (C=O) groups is 1. The van der Waals surface area contributed by atoms with E-state index < -0.39 is 17.5 Å². The summed E-state index contributed by atoms with van der Waals surface area (Å²) in [5.41, 5.74) is 0.472. The summed E-state index contributed by atoms with van der Waals surface area (Å²) in [5.74, 6) is 0.448. The molecule has 2 aliphatic rings. The van der Waals surface area contributed by atoms with E-state index >= 15 is 0 Å². The SMILES string of the molecule is CC(C)(C)OC(=O)N1CC[C@](O)(Oc2ccc(Oc3csc4c3ccc3c4cnn3[C@@H]3CCCCO3)cc2)C1. The van der Waals surface area contributed by atoms with Gasteiger partial charge in [-0.15, -0.1) is 11.3 Å². The van der Waals surface area contributed by atoms with E-state index in [9.17, 15) is 9.90 Å². The van der Waals surface area contributed by atoms with Crippen molar-refractivity contribution in [3.63, 3.8) is 0 Å². The van der Waals surface area contributed by atoms with Gasteiger partial charge in [-0.05, 0) is 76.4 Å². The zero-order valence-electron chi connectivity index (χ0n) is 22.4. The maximum atomic E-state index is 12.3. The first-order valence-corrected chi connectivity index (χ1v) is 14.2. The summed E-state index contributed by atoms with van der Waals surface area (Å²) in [4.78, 5) is 13.8. The molecule has 0 bridgehead atoms. The van der Waals surface area contributed by atoms with Gasteiger partial charge in [-0.25, -0.2) is 9.48 Å². The Bertz CT molecular complexity index is 1480. The van der Waals surface area contributed by atoms with Crippen LogP contribution in [0.2, 0.25) is 0 Å². The summed E-state index contributed by atoms with van der Waals surface area (Å²) < 4.78 is 26.6. The molecule has 2 fully saturated rings. The molecule has 0 aliphatic carbocycles. The Balaban J connectivity index is 1.13. The van der Waals surface area contributed by atoms with Crippen molar-refractivity contribution in [1.82, 2.24) is 14.7 Å². The maximum Gasteiger partial charge on any atom is 0.410 e. The van der Waals surface area contributed by atoms with E-state index in [1.165, 1.54) is 4.90 Å². The van der Waals surface area contributed by atoms with E-state index in [0.29, 0.717) is 24.5 Å². The average Bonchev–Trinajstić information content (AvgIpc) is 3.62. The highest BCUT2D eigenvalue weighted by molar-refractivity contribution is 7.18. The number of aliphatic hydroxyl groups is 1. The third-order valence-electron chi connectivity index (χ3n) is 6.93. The lowest BCUT2D eigenvalue weighted by molar-refractivity contribution is -0.125. The van der Waals surface area contributed by atoms with Crippen LogP contribution < -0.4 is 9.47 Å². The van der Waals surface area contributed by atoms with Crippen LogP contribution in [0.3, 0.4) is 0 Å². The molecule has 4 aromatic rings. The van der Waals surface area contributed by atoms with Crippen LogP contribution in [0.4, 0.5) is 4.79 Å². The Labute approximate surface area is 230 Å². The number of ether oxygens (including phenoxy) is 4. The lowest BCUT2D eigenvalue weighted by atomic mass is 10.1. The number of hydrogen-bond acceptors (Lipinski definition) is 8. The molecule has 2 saturated heterocycles. The molecule has 206 valence electrons. The summed E-state index contributed by atoms with van der Waals surface area (Å²) in [6.07, 6.45) is 4.98. The maximum absolute atomic E-state index is 12.3. The number of carbonyl (C=O) groups excluding carboxylic acids is 1. The molecule has 0 saturated carbocycles. The number of amides is 1. The zero-order valence-corrected chi connectivity index (χ0v) is 23.2. The molecule has 0 unspecified atom stereocenters. The second-order valence-electron chi connectivity index (χ2n) is 11.2. The van der Waals surface area contributed by atoms with Crippen LogP contribution in [0.25, 0.3) is 21.0 Å². The van der Waals surface area contributed by atoms with E-state index in [1.807, 2.05) is 37.0 Å². The average molecular weight is 552 g/mol. The van der Waals surface area contributed by atoms with Crippen LogP contribution in [0.5, 0.6) is 17.2 Å². The highest BCUT2D eigenvalue weighted by atomic mass is 32.1. The van der Waals surface area contributed by atoms with Gasteiger partial charge in [-0.1, -0.05) is 0 Å². The number of likely N-dealkylation sites (tertiary alicyclic amines) is 1. The molecule has 2 atom stereocenters. The van der Waals surface area contributed by atoms with Gasteiger partial charge in [0.2, 0.25) is 5.79 Å². The number of thiophene rings is 1. The lowest BCUT2D eigenvalue weighted by Gasteiger charge is -2.27. The van der Waals surface area contributed by atoms with Gasteiger partial charge in [-0.2, -0.15) is 5.10 Å². The van der Waals surface area contributed by atoms with E-state index in [4.69, 9.17) is 18.9 Å². The number of hydrogen-bond donors (Lipinski definition) is 1. The molecule has 4 heterocycles. The van der Waals surface area contributed by atoms with Crippen molar-refractivity contribution in [1.29, 1.82) is 0 Å².